The molecule has 0 fully saturated rings. The summed E-state index contributed by atoms with van der Waals surface area (Å²) >= 11 is 0. The van der Waals surface area contributed by atoms with Crippen molar-refractivity contribution in [2.45, 2.75) is 12.6 Å². The van der Waals surface area contributed by atoms with E-state index in [2.05, 4.69) is 11.3 Å². The number of carbonyl (C=O) groups excluding carboxylic acids is 2. The number of alkyl halides is 3. The normalized spacial score (nSPS) is 15.3. The Kier molecular flexibility index (Phi) is 4.00. The number of halogens is 4. The second-order valence-corrected chi connectivity index (χ2v) is 2.66. The van der Waals surface area contributed by atoms with E-state index in [1.54, 1.807) is 0 Å². The van der Waals surface area contributed by atoms with Gasteiger partial charge in [0.05, 0.1) is 7.11 Å². The zero-order valence-corrected chi connectivity index (χ0v) is 7.73. The van der Waals surface area contributed by atoms with Crippen molar-refractivity contribution in [1.29, 1.82) is 0 Å². The molecule has 0 radical (unpaired) electrons. The second kappa shape index (κ2) is 4.41. The van der Waals surface area contributed by atoms with Gasteiger partial charge in [-0.05, 0) is 0 Å². The third-order valence-electron chi connectivity index (χ3n) is 1.80. The Labute approximate surface area is 82.7 Å². The molecule has 15 heavy (non-hydrogen) atoms. The van der Waals surface area contributed by atoms with Gasteiger partial charge in [-0.15, -0.1) is 6.58 Å². The van der Waals surface area contributed by atoms with Crippen LogP contribution in [0.5, 0.6) is 0 Å². The average Bonchev–Trinajstić information content (AvgIpc) is 2.10. The molecule has 0 aliphatic carbocycles. The summed E-state index contributed by atoms with van der Waals surface area (Å²) in [6.07, 6.45) is -5.93. The van der Waals surface area contributed by atoms with E-state index >= 15 is 0 Å². The van der Waals surface area contributed by atoms with E-state index in [-0.39, 0.29) is 0 Å². The molecule has 0 amide bonds. The molecule has 0 aromatic carbocycles. The van der Waals surface area contributed by atoms with E-state index in [0.717, 1.165) is 0 Å². The second-order valence-electron chi connectivity index (χ2n) is 2.66. The van der Waals surface area contributed by atoms with E-state index in [1.807, 2.05) is 0 Å². The van der Waals surface area contributed by atoms with Crippen LogP contribution in [0.1, 0.15) is 6.42 Å². The van der Waals surface area contributed by atoms with Crippen LogP contribution in [-0.4, -0.2) is 25.3 Å². The summed E-state index contributed by atoms with van der Waals surface area (Å²) in [6, 6.07) is -2.80. The van der Waals surface area contributed by atoms with Gasteiger partial charge in [-0.1, -0.05) is 6.08 Å². The highest BCUT2D eigenvalue weighted by atomic mass is 19.4. The average molecular weight is 228 g/mol. The first kappa shape index (κ1) is 13.6. The van der Waals surface area contributed by atoms with Crippen molar-refractivity contribution in [3.8, 4) is 0 Å². The lowest BCUT2D eigenvalue weighted by molar-refractivity contribution is -0.232. The van der Waals surface area contributed by atoms with Crippen molar-refractivity contribution in [3.63, 3.8) is 0 Å². The van der Waals surface area contributed by atoms with Gasteiger partial charge in [0.15, 0.2) is 0 Å². The topological polar surface area (TPSA) is 43.4 Å². The van der Waals surface area contributed by atoms with Crippen LogP contribution < -0.4 is 0 Å². The van der Waals surface area contributed by atoms with E-state index in [0.29, 0.717) is 13.2 Å². The molecule has 0 N–H and O–H groups in total. The molecule has 1 unspecified atom stereocenters. The molecule has 1 atom stereocenters. The molecule has 0 saturated carbocycles. The van der Waals surface area contributed by atoms with Crippen LogP contribution in [0.2, 0.25) is 0 Å². The van der Waals surface area contributed by atoms with Crippen molar-refractivity contribution in [2.75, 3.05) is 7.11 Å². The summed E-state index contributed by atoms with van der Waals surface area (Å²) in [5.41, 5.74) is -3.79. The number of methoxy groups -OCH3 is 1. The molecule has 0 aromatic rings. The Morgan fingerprint density at radius 1 is 1.40 bits per heavy atom. The summed E-state index contributed by atoms with van der Waals surface area (Å²) in [6.45, 7) is 2.93. The SMILES string of the molecule is C=CCC(C(=O)F)(C(=O)OC)C(F)(F)F. The molecular formula is C8H8F4O3. The molecule has 0 aliphatic rings. The zero-order chi connectivity index (χ0) is 12.3. The van der Waals surface area contributed by atoms with Crippen LogP contribution in [0.3, 0.4) is 0 Å². The lowest BCUT2D eigenvalue weighted by atomic mass is 9.84. The van der Waals surface area contributed by atoms with Crippen LogP contribution in [0, 0.1) is 5.41 Å². The highest BCUT2D eigenvalue weighted by Gasteiger charge is 2.66. The minimum Gasteiger partial charge on any atom is -0.468 e. The monoisotopic (exact) mass is 228 g/mol. The molecule has 7 heteroatoms. The Hall–Kier alpha value is -1.40. The zero-order valence-electron chi connectivity index (χ0n) is 7.73. The highest BCUT2D eigenvalue weighted by Crippen LogP contribution is 2.43. The Morgan fingerprint density at radius 3 is 2.07 bits per heavy atom. The number of esters is 1. The molecular weight excluding hydrogens is 220 g/mol. The van der Waals surface area contributed by atoms with Gasteiger partial charge in [-0.3, -0.25) is 9.59 Å². The van der Waals surface area contributed by atoms with Gasteiger partial charge in [0.1, 0.15) is 0 Å². The van der Waals surface area contributed by atoms with Crippen LogP contribution in [0.4, 0.5) is 17.6 Å². The molecule has 0 aromatic heterocycles. The minimum absolute atomic E-state index is 0.627. The molecule has 3 nitrogen and oxygen atoms in total. The van der Waals surface area contributed by atoms with Crippen molar-refractivity contribution < 1.29 is 31.9 Å². The third-order valence-corrected chi connectivity index (χ3v) is 1.80. The van der Waals surface area contributed by atoms with Gasteiger partial charge < -0.3 is 4.74 Å². The number of carbonyl (C=O) groups is 2. The lowest BCUT2D eigenvalue weighted by Crippen LogP contribution is -2.50. The smallest absolute Gasteiger partial charge is 0.415 e. The number of allylic oxidation sites excluding steroid dienone is 1. The highest BCUT2D eigenvalue weighted by molar-refractivity contribution is 6.00. The number of hydrogen-bond acceptors (Lipinski definition) is 3. The maximum absolute atomic E-state index is 12.4. The van der Waals surface area contributed by atoms with Gasteiger partial charge in [-0.2, -0.15) is 17.6 Å². The molecule has 86 valence electrons. The predicted octanol–water partition coefficient (Wildman–Crippen LogP) is 1.78. The lowest BCUT2D eigenvalue weighted by Gasteiger charge is -2.26. The molecule has 0 rings (SSSR count). The predicted molar refractivity (Wildman–Crippen MR) is 41.4 cm³/mol. The summed E-state index contributed by atoms with van der Waals surface area (Å²) < 4.78 is 53.5. The van der Waals surface area contributed by atoms with Crippen molar-refractivity contribution in [2.24, 2.45) is 5.41 Å². The standard InChI is InChI=1S/C8H8F4O3/c1-3-4-7(5(9)13,6(14)15-2)8(10,11)12/h3H,1,4H2,2H3. The maximum atomic E-state index is 12.4. The van der Waals surface area contributed by atoms with Gasteiger partial charge in [0, 0.05) is 6.42 Å². The largest absolute Gasteiger partial charge is 0.468 e. The van der Waals surface area contributed by atoms with Gasteiger partial charge in [-0.25, -0.2) is 0 Å². The van der Waals surface area contributed by atoms with Crippen LogP contribution in [0.15, 0.2) is 12.7 Å². The van der Waals surface area contributed by atoms with E-state index < -0.39 is 30.0 Å². The first-order chi connectivity index (χ1) is 6.74. The quantitative estimate of drug-likeness (QED) is 0.242. The van der Waals surface area contributed by atoms with E-state index in [1.165, 1.54) is 0 Å². The Morgan fingerprint density at radius 2 is 1.87 bits per heavy atom. The number of hydrogen-bond donors (Lipinski definition) is 0. The molecule has 0 saturated heterocycles. The van der Waals surface area contributed by atoms with Crippen LogP contribution in [-0.2, 0) is 14.3 Å². The molecule has 0 bridgehead atoms. The van der Waals surface area contributed by atoms with Crippen molar-refractivity contribution in [1.82, 2.24) is 0 Å². The first-order valence-corrected chi connectivity index (χ1v) is 3.70. The van der Waals surface area contributed by atoms with Gasteiger partial charge in [0.25, 0.3) is 5.41 Å². The summed E-state index contributed by atoms with van der Waals surface area (Å²) in [4.78, 5) is 21.2. The van der Waals surface area contributed by atoms with Gasteiger partial charge >= 0.3 is 18.2 Å². The summed E-state index contributed by atoms with van der Waals surface area (Å²) in [7, 11) is 0.634. The Balaban J connectivity index is 5.58. The number of ether oxygens (including phenoxy) is 1. The summed E-state index contributed by atoms with van der Waals surface area (Å²) in [5, 5.41) is 0. The number of rotatable bonds is 4. The van der Waals surface area contributed by atoms with Crippen LogP contribution >= 0.6 is 0 Å². The maximum Gasteiger partial charge on any atom is 0.415 e. The first-order valence-electron chi connectivity index (χ1n) is 3.70. The fourth-order valence-electron chi connectivity index (χ4n) is 0.977. The summed E-state index contributed by atoms with van der Waals surface area (Å²) in [5.74, 6) is -1.98. The van der Waals surface area contributed by atoms with Crippen molar-refractivity contribution >= 4 is 12.0 Å². The van der Waals surface area contributed by atoms with E-state index in [4.69, 9.17) is 0 Å². The Bertz CT molecular complexity index is 284. The third kappa shape index (κ3) is 2.16. The molecule has 0 aliphatic heterocycles. The molecule has 0 heterocycles. The van der Waals surface area contributed by atoms with E-state index in [9.17, 15) is 27.2 Å². The molecule has 0 spiro atoms. The van der Waals surface area contributed by atoms with Crippen LogP contribution in [0.25, 0.3) is 0 Å². The van der Waals surface area contributed by atoms with Crippen molar-refractivity contribution in [3.05, 3.63) is 12.7 Å². The van der Waals surface area contributed by atoms with Gasteiger partial charge in [0.2, 0.25) is 0 Å². The minimum atomic E-state index is -5.36. The fraction of sp³-hybridized carbons (Fsp3) is 0.500. The fourth-order valence-corrected chi connectivity index (χ4v) is 0.977.